The minimum Gasteiger partial charge on any atom is -0.446 e. The van der Waals surface area contributed by atoms with Crippen molar-refractivity contribution in [3.8, 4) is 0 Å². The van der Waals surface area contributed by atoms with Crippen LogP contribution >= 0.6 is 0 Å². The number of amides is 1. The number of carbonyl (C=O) groups is 1. The third kappa shape index (κ3) is 4.46. The lowest BCUT2D eigenvalue weighted by Gasteiger charge is -2.21. The highest BCUT2D eigenvalue weighted by molar-refractivity contribution is 5.68. The zero-order chi connectivity index (χ0) is 13.1. The number of aryl methyl sites for hydroxylation is 1. The van der Waals surface area contributed by atoms with Gasteiger partial charge in [0.15, 0.2) is 0 Å². The van der Waals surface area contributed by atoms with Crippen LogP contribution < -0.4 is 5.32 Å². The molecule has 0 spiro atoms. The Kier molecular flexibility index (Phi) is 4.15. The highest BCUT2D eigenvalue weighted by Gasteiger charge is 2.22. The second kappa shape index (κ2) is 5.21. The molecule has 1 rings (SSSR count). The number of aromatic nitrogens is 1. The Bertz CT molecular complexity index is 379. The Morgan fingerprint density at radius 3 is 2.65 bits per heavy atom. The summed E-state index contributed by atoms with van der Waals surface area (Å²) in [6.45, 7) is 9.25. The molecule has 1 atom stereocenters. The fourth-order valence-electron chi connectivity index (χ4n) is 1.32. The molecule has 96 valence electrons. The largest absolute Gasteiger partial charge is 0.446 e. The molecule has 0 saturated heterocycles. The monoisotopic (exact) mass is 240 g/mol. The second-order valence-electron chi connectivity index (χ2n) is 4.93. The fraction of sp³-hybridized carbons (Fsp3) is 0.667. The van der Waals surface area contributed by atoms with Crippen molar-refractivity contribution in [2.75, 3.05) is 0 Å². The molecule has 17 heavy (non-hydrogen) atoms. The smallest absolute Gasteiger partial charge is 0.408 e. The molecular formula is C12H20N2O3. The lowest BCUT2D eigenvalue weighted by Crippen LogP contribution is -2.34. The van der Waals surface area contributed by atoms with Crippen molar-refractivity contribution >= 4 is 6.09 Å². The summed E-state index contributed by atoms with van der Waals surface area (Å²) in [6.07, 6.45) is 1.80. The van der Waals surface area contributed by atoms with Crippen LogP contribution in [0.3, 0.4) is 0 Å². The van der Waals surface area contributed by atoms with Crippen LogP contribution in [0.5, 0.6) is 0 Å². The summed E-state index contributed by atoms with van der Waals surface area (Å²) >= 11 is 0. The molecule has 0 unspecified atom stereocenters. The summed E-state index contributed by atoms with van der Waals surface area (Å²) < 4.78 is 10.4. The summed E-state index contributed by atoms with van der Waals surface area (Å²) in [6, 6.07) is -0.251. The van der Waals surface area contributed by atoms with E-state index in [-0.39, 0.29) is 6.04 Å². The van der Waals surface area contributed by atoms with Gasteiger partial charge in [-0.15, -0.1) is 0 Å². The van der Waals surface area contributed by atoms with E-state index in [1.54, 1.807) is 6.26 Å². The molecule has 1 aromatic heterocycles. The van der Waals surface area contributed by atoms with Crippen LogP contribution in [-0.2, 0) is 4.74 Å². The maximum Gasteiger partial charge on any atom is 0.408 e. The van der Waals surface area contributed by atoms with Crippen LogP contribution in [0.15, 0.2) is 10.7 Å². The van der Waals surface area contributed by atoms with Gasteiger partial charge in [-0.3, -0.25) is 0 Å². The molecule has 1 heterocycles. The minimum atomic E-state index is -0.505. The van der Waals surface area contributed by atoms with Gasteiger partial charge in [0.1, 0.15) is 17.9 Å². The van der Waals surface area contributed by atoms with Gasteiger partial charge in [-0.25, -0.2) is 9.78 Å². The Balaban J connectivity index is 2.62. The van der Waals surface area contributed by atoms with Crippen molar-refractivity contribution in [2.24, 2.45) is 0 Å². The maximum atomic E-state index is 11.6. The molecular weight excluding hydrogens is 220 g/mol. The Morgan fingerprint density at radius 2 is 2.24 bits per heavy atom. The van der Waals surface area contributed by atoms with Crippen molar-refractivity contribution in [2.45, 2.75) is 52.7 Å². The van der Waals surface area contributed by atoms with E-state index in [4.69, 9.17) is 9.15 Å². The van der Waals surface area contributed by atoms with Crippen molar-refractivity contribution in [1.29, 1.82) is 0 Å². The Labute approximate surface area is 102 Å². The molecule has 0 saturated carbocycles. The van der Waals surface area contributed by atoms with Gasteiger partial charge in [-0.05, 0) is 34.1 Å². The fourth-order valence-corrected chi connectivity index (χ4v) is 1.32. The Hall–Kier alpha value is -1.52. The lowest BCUT2D eigenvalue weighted by atomic mass is 10.2. The molecule has 0 fully saturated rings. The number of alkyl carbamates (subject to hydrolysis) is 1. The number of nitrogens with one attached hydrogen (secondary N) is 1. The number of carbonyl (C=O) groups excluding carboxylic acids is 1. The molecule has 5 nitrogen and oxygen atoms in total. The summed E-state index contributed by atoms with van der Waals surface area (Å²) in [5.41, 5.74) is 0.291. The molecule has 0 bridgehead atoms. The van der Waals surface area contributed by atoms with Crippen LogP contribution in [0, 0.1) is 6.92 Å². The average molecular weight is 240 g/mol. The van der Waals surface area contributed by atoms with E-state index >= 15 is 0 Å². The van der Waals surface area contributed by atoms with E-state index in [1.807, 2.05) is 34.6 Å². The summed E-state index contributed by atoms with van der Waals surface area (Å²) in [5, 5.41) is 2.74. The zero-order valence-electron chi connectivity index (χ0n) is 11.0. The van der Waals surface area contributed by atoms with Gasteiger partial charge in [0.2, 0.25) is 5.89 Å². The predicted molar refractivity (Wildman–Crippen MR) is 63.6 cm³/mol. The van der Waals surface area contributed by atoms with Crippen molar-refractivity contribution in [3.63, 3.8) is 0 Å². The zero-order valence-corrected chi connectivity index (χ0v) is 11.0. The van der Waals surface area contributed by atoms with Crippen LogP contribution in [0.4, 0.5) is 4.79 Å². The number of ether oxygens (including phenoxy) is 1. The number of rotatable bonds is 3. The second-order valence-corrected chi connectivity index (χ2v) is 4.93. The first-order valence-corrected chi connectivity index (χ1v) is 5.73. The van der Waals surface area contributed by atoms with Gasteiger partial charge in [0.25, 0.3) is 0 Å². The van der Waals surface area contributed by atoms with E-state index in [0.717, 1.165) is 5.69 Å². The molecule has 0 aliphatic heterocycles. The van der Waals surface area contributed by atoms with Gasteiger partial charge < -0.3 is 14.5 Å². The molecule has 0 aliphatic carbocycles. The third-order valence-corrected chi connectivity index (χ3v) is 2.03. The van der Waals surface area contributed by atoms with Crippen LogP contribution in [-0.4, -0.2) is 16.7 Å². The topological polar surface area (TPSA) is 64.4 Å². The highest BCUT2D eigenvalue weighted by Crippen LogP contribution is 2.17. The van der Waals surface area contributed by atoms with Crippen LogP contribution in [0.2, 0.25) is 0 Å². The average Bonchev–Trinajstić information content (AvgIpc) is 2.58. The maximum absolute atomic E-state index is 11.6. The normalized spacial score (nSPS) is 13.2. The first kappa shape index (κ1) is 13.5. The predicted octanol–water partition coefficient (Wildman–Crippen LogP) is 2.96. The van der Waals surface area contributed by atoms with E-state index in [1.165, 1.54) is 0 Å². The molecule has 1 N–H and O–H groups in total. The first-order valence-electron chi connectivity index (χ1n) is 5.73. The molecule has 0 aliphatic rings. The molecule has 1 aromatic rings. The highest BCUT2D eigenvalue weighted by atomic mass is 16.6. The van der Waals surface area contributed by atoms with Gasteiger partial charge in [0.05, 0.1) is 5.69 Å². The number of nitrogens with zero attached hydrogens (tertiary/aromatic N) is 1. The van der Waals surface area contributed by atoms with E-state index in [0.29, 0.717) is 12.3 Å². The van der Waals surface area contributed by atoms with E-state index < -0.39 is 11.7 Å². The quantitative estimate of drug-likeness (QED) is 0.882. The molecule has 0 radical (unpaired) electrons. The van der Waals surface area contributed by atoms with Crippen LogP contribution in [0.25, 0.3) is 0 Å². The third-order valence-electron chi connectivity index (χ3n) is 2.03. The number of hydrogen-bond acceptors (Lipinski definition) is 4. The van der Waals surface area contributed by atoms with Gasteiger partial charge in [-0.1, -0.05) is 6.92 Å². The van der Waals surface area contributed by atoms with Gasteiger partial charge in [-0.2, -0.15) is 0 Å². The number of hydrogen-bond donors (Lipinski definition) is 1. The standard InChI is InChI=1S/C12H20N2O3/c1-6-9(10-13-8(2)7-16-10)14-11(15)17-12(3,4)5/h7,9H,6H2,1-5H3,(H,14,15)/t9-/m1/s1. The summed E-state index contributed by atoms with van der Waals surface area (Å²) in [4.78, 5) is 15.8. The SMILES string of the molecule is CC[C@@H](NC(=O)OC(C)(C)C)c1nc(C)co1. The van der Waals surface area contributed by atoms with Crippen LogP contribution in [0.1, 0.15) is 51.7 Å². The lowest BCUT2D eigenvalue weighted by molar-refractivity contribution is 0.0494. The molecule has 1 amide bonds. The van der Waals surface area contributed by atoms with E-state index in [2.05, 4.69) is 10.3 Å². The van der Waals surface area contributed by atoms with Gasteiger partial charge >= 0.3 is 6.09 Å². The molecule has 0 aromatic carbocycles. The number of oxazole rings is 1. The molecule has 5 heteroatoms. The Morgan fingerprint density at radius 1 is 1.59 bits per heavy atom. The van der Waals surface area contributed by atoms with Crippen molar-refractivity contribution in [3.05, 3.63) is 17.8 Å². The van der Waals surface area contributed by atoms with Crippen molar-refractivity contribution < 1.29 is 13.9 Å². The summed E-state index contributed by atoms with van der Waals surface area (Å²) in [7, 11) is 0. The minimum absolute atomic E-state index is 0.251. The van der Waals surface area contributed by atoms with Gasteiger partial charge in [0, 0.05) is 0 Å². The van der Waals surface area contributed by atoms with E-state index in [9.17, 15) is 4.79 Å². The summed E-state index contributed by atoms with van der Waals surface area (Å²) in [5.74, 6) is 0.510. The first-order chi connectivity index (χ1) is 7.81. The van der Waals surface area contributed by atoms with Crippen molar-refractivity contribution in [1.82, 2.24) is 10.3 Å².